The van der Waals surface area contributed by atoms with Gasteiger partial charge in [0.15, 0.2) is 0 Å². The molecule has 1 aliphatic rings. The molecule has 1 amide bonds. The van der Waals surface area contributed by atoms with E-state index in [1.807, 2.05) is 0 Å². The van der Waals surface area contributed by atoms with Crippen LogP contribution in [0, 0.1) is 0 Å². The highest BCUT2D eigenvalue weighted by atomic mass is 35.5. The molecule has 0 spiro atoms. The number of nitrogen functional groups attached to an aromatic ring is 1. The van der Waals surface area contributed by atoms with E-state index in [0.29, 0.717) is 17.8 Å². The molecule has 0 aliphatic heterocycles. The van der Waals surface area contributed by atoms with Gasteiger partial charge in [0.25, 0.3) is 5.91 Å². The molecule has 0 aromatic carbocycles. The molecule has 0 radical (unpaired) electrons. The first kappa shape index (κ1) is 15.1. The molecular weight excluding hydrogens is 276 g/mol. The Balaban J connectivity index is 2.14. The molecule has 1 saturated carbocycles. The third-order valence-corrected chi connectivity index (χ3v) is 4.50. The van der Waals surface area contributed by atoms with E-state index in [1.165, 1.54) is 12.6 Å². The second-order valence-electron chi connectivity index (χ2n) is 5.74. The van der Waals surface area contributed by atoms with Gasteiger partial charge < -0.3 is 15.5 Å². The quantitative estimate of drug-likeness (QED) is 0.862. The van der Waals surface area contributed by atoms with E-state index in [2.05, 4.69) is 24.0 Å². The predicted octanol–water partition coefficient (Wildman–Crippen LogP) is 1.87. The van der Waals surface area contributed by atoms with Gasteiger partial charge in [-0.1, -0.05) is 11.6 Å². The van der Waals surface area contributed by atoms with Crippen molar-refractivity contribution in [2.75, 3.05) is 33.4 Å². The predicted molar refractivity (Wildman–Crippen MR) is 80.9 cm³/mol. The maximum Gasteiger partial charge on any atom is 0.256 e. The Morgan fingerprint density at radius 3 is 2.60 bits per heavy atom. The number of carbonyl (C=O) groups excluding carboxylic acids is 1. The van der Waals surface area contributed by atoms with E-state index in [-0.39, 0.29) is 16.6 Å². The number of hydrogen-bond donors (Lipinski definition) is 1. The van der Waals surface area contributed by atoms with Crippen LogP contribution < -0.4 is 5.73 Å². The fourth-order valence-corrected chi connectivity index (χ4v) is 2.85. The van der Waals surface area contributed by atoms with Crippen LogP contribution in [-0.4, -0.2) is 53.9 Å². The standard InChI is InChI=1S/C14H21ClN4O/c1-18(2)14(5-4-6-14)9-19(3)13(20)11-7-10(16)8-17-12(11)15/h7-8H,4-6,9,16H2,1-3H3. The van der Waals surface area contributed by atoms with Crippen LogP contribution in [0.1, 0.15) is 29.6 Å². The van der Waals surface area contributed by atoms with Crippen molar-refractivity contribution in [3.63, 3.8) is 0 Å². The lowest BCUT2D eigenvalue weighted by molar-refractivity contribution is 0.0252. The van der Waals surface area contributed by atoms with Crippen molar-refractivity contribution in [1.29, 1.82) is 0 Å². The summed E-state index contributed by atoms with van der Waals surface area (Å²) >= 11 is 5.99. The number of amides is 1. The van der Waals surface area contributed by atoms with E-state index in [4.69, 9.17) is 17.3 Å². The van der Waals surface area contributed by atoms with Gasteiger partial charge in [-0.3, -0.25) is 4.79 Å². The number of anilines is 1. The third kappa shape index (κ3) is 2.74. The number of likely N-dealkylation sites (N-methyl/N-ethyl adjacent to an activating group) is 2. The maximum absolute atomic E-state index is 12.5. The summed E-state index contributed by atoms with van der Waals surface area (Å²) in [4.78, 5) is 20.3. The van der Waals surface area contributed by atoms with Crippen molar-refractivity contribution >= 4 is 23.2 Å². The van der Waals surface area contributed by atoms with Crippen LogP contribution in [0.5, 0.6) is 0 Å². The highest BCUT2D eigenvalue weighted by Gasteiger charge is 2.40. The van der Waals surface area contributed by atoms with Crippen LogP contribution in [0.3, 0.4) is 0 Å². The van der Waals surface area contributed by atoms with Crippen LogP contribution >= 0.6 is 11.6 Å². The Kier molecular flexibility index (Phi) is 4.20. The summed E-state index contributed by atoms with van der Waals surface area (Å²) in [7, 11) is 5.92. The maximum atomic E-state index is 12.5. The SMILES string of the molecule is CN(CC1(N(C)C)CCC1)C(=O)c1cc(N)cnc1Cl. The molecular formula is C14H21ClN4O. The summed E-state index contributed by atoms with van der Waals surface area (Å²) in [6.07, 6.45) is 4.88. The minimum Gasteiger partial charge on any atom is -0.397 e. The number of hydrogen-bond acceptors (Lipinski definition) is 4. The van der Waals surface area contributed by atoms with Crippen molar-refractivity contribution in [2.45, 2.75) is 24.8 Å². The van der Waals surface area contributed by atoms with Crippen molar-refractivity contribution < 1.29 is 4.79 Å². The number of nitrogens with zero attached hydrogens (tertiary/aromatic N) is 3. The molecule has 1 heterocycles. The molecule has 0 bridgehead atoms. The number of carbonyl (C=O) groups is 1. The van der Waals surface area contributed by atoms with E-state index in [0.717, 1.165) is 12.8 Å². The number of halogens is 1. The Morgan fingerprint density at radius 1 is 1.45 bits per heavy atom. The molecule has 6 heteroatoms. The van der Waals surface area contributed by atoms with Gasteiger partial charge >= 0.3 is 0 Å². The van der Waals surface area contributed by atoms with Crippen molar-refractivity contribution in [2.24, 2.45) is 0 Å². The second kappa shape index (κ2) is 5.58. The van der Waals surface area contributed by atoms with Gasteiger partial charge in [-0.15, -0.1) is 0 Å². The fourth-order valence-electron chi connectivity index (χ4n) is 2.66. The molecule has 0 atom stereocenters. The number of pyridine rings is 1. The lowest BCUT2D eigenvalue weighted by atomic mass is 9.75. The first-order chi connectivity index (χ1) is 9.35. The molecule has 1 aromatic rings. The lowest BCUT2D eigenvalue weighted by Crippen LogP contribution is -2.57. The summed E-state index contributed by atoms with van der Waals surface area (Å²) in [5.41, 5.74) is 6.57. The van der Waals surface area contributed by atoms with E-state index >= 15 is 0 Å². The minimum absolute atomic E-state index is 0.0879. The summed E-state index contributed by atoms with van der Waals surface area (Å²) in [5.74, 6) is -0.136. The Morgan fingerprint density at radius 2 is 2.10 bits per heavy atom. The normalized spacial score (nSPS) is 16.9. The average Bonchev–Trinajstić information content (AvgIpc) is 2.35. The molecule has 0 unspecified atom stereocenters. The monoisotopic (exact) mass is 296 g/mol. The van der Waals surface area contributed by atoms with Crippen molar-refractivity contribution in [3.05, 3.63) is 23.0 Å². The highest BCUT2D eigenvalue weighted by Crippen LogP contribution is 2.37. The first-order valence-electron chi connectivity index (χ1n) is 6.70. The summed E-state index contributed by atoms with van der Waals surface area (Å²) in [6.45, 7) is 0.684. The topological polar surface area (TPSA) is 62.5 Å². The average molecular weight is 297 g/mol. The van der Waals surface area contributed by atoms with Crippen LogP contribution in [0.4, 0.5) is 5.69 Å². The molecule has 1 fully saturated rings. The third-order valence-electron chi connectivity index (χ3n) is 4.20. The van der Waals surface area contributed by atoms with Crippen molar-refractivity contribution in [1.82, 2.24) is 14.8 Å². The smallest absolute Gasteiger partial charge is 0.256 e. The molecule has 2 N–H and O–H groups in total. The Labute approximate surface area is 124 Å². The molecule has 20 heavy (non-hydrogen) atoms. The molecule has 110 valence electrons. The van der Waals surface area contributed by atoms with E-state index in [9.17, 15) is 4.79 Å². The van der Waals surface area contributed by atoms with E-state index in [1.54, 1.807) is 18.0 Å². The fraction of sp³-hybridized carbons (Fsp3) is 0.571. The molecule has 1 aromatic heterocycles. The molecule has 1 aliphatic carbocycles. The highest BCUT2D eigenvalue weighted by molar-refractivity contribution is 6.32. The zero-order chi connectivity index (χ0) is 14.9. The van der Waals surface area contributed by atoms with Gasteiger partial charge in [-0.2, -0.15) is 0 Å². The summed E-state index contributed by atoms with van der Waals surface area (Å²) < 4.78 is 0. The molecule has 2 rings (SSSR count). The summed E-state index contributed by atoms with van der Waals surface area (Å²) in [5, 5.41) is 0.198. The number of aromatic nitrogens is 1. The van der Waals surface area contributed by atoms with Gasteiger partial charge in [0.05, 0.1) is 17.4 Å². The lowest BCUT2D eigenvalue weighted by Gasteiger charge is -2.49. The van der Waals surface area contributed by atoms with Crippen LogP contribution in [-0.2, 0) is 0 Å². The van der Waals surface area contributed by atoms with Gasteiger partial charge in [0, 0.05) is 19.1 Å². The second-order valence-corrected chi connectivity index (χ2v) is 6.10. The van der Waals surface area contributed by atoms with Crippen LogP contribution in [0.15, 0.2) is 12.3 Å². The zero-order valence-corrected chi connectivity index (χ0v) is 12.9. The van der Waals surface area contributed by atoms with Gasteiger partial charge in [-0.05, 0) is 39.4 Å². The van der Waals surface area contributed by atoms with Crippen molar-refractivity contribution in [3.8, 4) is 0 Å². The Hall–Kier alpha value is -1.33. The largest absolute Gasteiger partial charge is 0.397 e. The Bertz CT molecular complexity index is 514. The number of rotatable bonds is 4. The van der Waals surface area contributed by atoms with E-state index < -0.39 is 0 Å². The number of nitrogens with two attached hydrogens (primary N) is 1. The zero-order valence-electron chi connectivity index (χ0n) is 12.2. The van der Waals surface area contributed by atoms with Gasteiger partial charge in [0.2, 0.25) is 0 Å². The van der Waals surface area contributed by atoms with Gasteiger partial charge in [-0.25, -0.2) is 4.98 Å². The molecule has 0 saturated heterocycles. The molecule has 5 nitrogen and oxygen atoms in total. The first-order valence-corrected chi connectivity index (χ1v) is 7.07. The van der Waals surface area contributed by atoms with Crippen LogP contribution in [0.25, 0.3) is 0 Å². The van der Waals surface area contributed by atoms with Crippen LogP contribution in [0.2, 0.25) is 5.15 Å². The minimum atomic E-state index is -0.136. The summed E-state index contributed by atoms with van der Waals surface area (Å²) in [6, 6.07) is 1.58. The van der Waals surface area contributed by atoms with Gasteiger partial charge in [0.1, 0.15) is 5.15 Å².